The highest BCUT2D eigenvalue weighted by Gasteiger charge is 2.05. The summed E-state index contributed by atoms with van der Waals surface area (Å²) in [6.45, 7) is 1.91. The summed E-state index contributed by atoms with van der Waals surface area (Å²) >= 11 is 0. The molecule has 0 fully saturated rings. The second kappa shape index (κ2) is 8.75. The summed E-state index contributed by atoms with van der Waals surface area (Å²) in [4.78, 5) is 0. The van der Waals surface area contributed by atoms with E-state index in [4.69, 9.17) is 5.73 Å². The molecule has 3 N–H and O–H groups in total. The Morgan fingerprint density at radius 2 is 1.64 bits per heavy atom. The third-order valence-electron chi connectivity index (χ3n) is 4.57. The molecule has 0 aromatic heterocycles. The molecule has 3 heteroatoms. The maximum Gasteiger partial charge on any atom is 0.123 e. The van der Waals surface area contributed by atoms with Crippen LogP contribution in [0.1, 0.15) is 30.0 Å². The molecule has 0 radical (unpaired) electrons. The molecular formula is C22H25FN2. The van der Waals surface area contributed by atoms with Gasteiger partial charge in [-0.3, -0.25) is 0 Å². The molecule has 0 bridgehead atoms. The number of benzene rings is 3. The zero-order valence-electron chi connectivity index (χ0n) is 14.4. The van der Waals surface area contributed by atoms with E-state index in [1.807, 2.05) is 0 Å². The van der Waals surface area contributed by atoms with Crippen molar-refractivity contribution in [2.24, 2.45) is 5.73 Å². The molecule has 130 valence electrons. The van der Waals surface area contributed by atoms with Crippen molar-refractivity contribution in [3.05, 3.63) is 83.7 Å². The minimum atomic E-state index is -0.216. The number of nitrogens with one attached hydrogen (secondary N) is 1. The molecule has 3 aromatic rings. The van der Waals surface area contributed by atoms with Crippen molar-refractivity contribution >= 4 is 10.8 Å². The first-order valence-corrected chi connectivity index (χ1v) is 8.92. The lowest BCUT2D eigenvalue weighted by atomic mass is 10.0. The van der Waals surface area contributed by atoms with E-state index in [2.05, 4.69) is 47.8 Å². The number of hydrogen-bond acceptors (Lipinski definition) is 2. The molecule has 0 aliphatic rings. The van der Waals surface area contributed by atoms with Crippen LogP contribution in [0.4, 0.5) is 4.39 Å². The molecule has 0 aliphatic carbocycles. The smallest absolute Gasteiger partial charge is 0.123 e. The van der Waals surface area contributed by atoms with Crippen LogP contribution in [0, 0.1) is 5.82 Å². The Morgan fingerprint density at radius 1 is 0.880 bits per heavy atom. The quantitative estimate of drug-likeness (QED) is 0.590. The van der Waals surface area contributed by atoms with Gasteiger partial charge < -0.3 is 11.1 Å². The van der Waals surface area contributed by atoms with Crippen molar-refractivity contribution in [3.63, 3.8) is 0 Å². The Labute approximate surface area is 148 Å². The fourth-order valence-electron chi connectivity index (χ4n) is 3.08. The second-order valence-electron chi connectivity index (χ2n) is 6.48. The van der Waals surface area contributed by atoms with E-state index in [9.17, 15) is 4.39 Å². The largest absolute Gasteiger partial charge is 0.324 e. The van der Waals surface area contributed by atoms with Crippen LogP contribution in [0.15, 0.2) is 66.7 Å². The van der Waals surface area contributed by atoms with Crippen molar-refractivity contribution in [1.29, 1.82) is 0 Å². The number of fused-ring (bicyclic) bond motifs is 1. The van der Waals surface area contributed by atoms with Gasteiger partial charge in [-0.2, -0.15) is 0 Å². The number of halogens is 1. The summed E-state index contributed by atoms with van der Waals surface area (Å²) < 4.78 is 12.9. The Kier molecular flexibility index (Phi) is 6.15. The lowest BCUT2D eigenvalue weighted by molar-refractivity contribution is 0.565. The molecule has 0 heterocycles. The summed E-state index contributed by atoms with van der Waals surface area (Å²) in [5, 5.41) is 6.06. The van der Waals surface area contributed by atoms with Gasteiger partial charge in [0.25, 0.3) is 0 Å². The van der Waals surface area contributed by atoms with Crippen molar-refractivity contribution in [3.8, 4) is 0 Å². The van der Waals surface area contributed by atoms with Crippen LogP contribution in [0.2, 0.25) is 0 Å². The van der Waals surface area contributed by atoms with E-state index in [1.165, 1.54) is 28.5 Å². The fourth-order valence-corrected chi connectivity index (χ4v) is 3.08. The van der Waals surface area contributed by atoms with Crippen LogP contribution in [0.3, 0.4) is 0 Å². The van der Waals surface area contributed by atoms with Crippen LogP contribution < -0.4 is 11.1 Å². The Hall–Kier alpha value is -2.23. The van der Waals surface area contributed by atoms with Crippen molar-refractivity contribution in [1.82, 2.24) is 5.32 Å². The van der Waals surface area contributed by atoms with Crippen molar-refractivity contribution in [2.45, 2.75) is 25.3 Å². The maximum atomic E-state index is 12.9. The normalized spacial score (nSPS) is 12.4. The summed E-state index contributed by atoms with van der Waals surface area (Å²) in [5.41, 5.74) is 8.51. The van der Waals surface area contributed by atoms with Gasteiger partial charge in [-0.25, -0.2) is 4.39 Å². The van der Waals surface area contributed by atoms with Gasteiger partial charge in [0, 0.05) is 6.04 Å². The van der Waals surface area contributed by atoms with Gasteiger partial charge in [0.1, 0.15) is 5.82 Å². The monoisotopic (exact) mass is 336 g/mol. The topological polar surface area (TPSA) is 38.0 Å². The molecule has 0 aliphatic heterocycles. The van der Waals surface area contributed by atoms with Gasteiger partial charge in [-0.15, -0.1) is 0 Å². The van der Waals surface area contributed by atoms with E-state index >= 15 is 0 Å². The molecule has 0 amide bonds. The summed E-state index contributed by atoms with van der Waals surface area (Å²) in [5.74, 6) is -0.216. The standard InChI is InChI=1S/C22H25FN2/c23-21-11-9-19(10-12-21)22(24)6-3-14-25-15-13-17-7-8-18-4-1-2-5-20(18)16-17/h1-2,4-5,7-12,16,22,25H,3,6,13-15,24H2. The molecule has 1 unspecified atom stereocenters. The minimum absolute atomic E-state index is 0.0251. The molecule has 2 nitrogen and oxygen atoms in total. The van der Waals surface area contributed by atoms with Crippen LogP contribution in [-0.4, -0.2) is 13.1 Å². The highest BCUT2D eigenvalue weighted by Crippen LogP contribution is 2.17. The average Bonchev–Trinajstić information content (AvgIpc) is 2.65. The number of nitrogens with two attached hydrogens (primary N) is 1. The minimum Gasteiger partial charge on any atom is -0.324 e. The number of hydrogen-bond donors (Lipinski definition) is 2. The Morgan fingerprint density at radius 3 is 2.44 bits per heavy atom. The van der Waals surface area contributed by atoms with E-state index in [1.54, 1.807) is 12.1 Å². The van der Waals surface area contributed by atoms with Gasteiger partial charge in [-0.1, -0.05) is 54.6 Å². The lowest BCUT2D eigenvalue weighted by Gasteiger charge is -2.12. The summed E-state index contributed by atoms with van der Waals surface area (Å²) in [6, 6.07) is 21.6. The van der Waals surface area contributed by atoms with Gasteiger partial charge in [0.05, 0.1) is 0 Å². The predicted octanol–water partition coefficient (Wildman–Crippen LogP) is 4.59. The first-order chi connectivity index (χ1) is 12.2. The van der Waals surface area contributed by atoms with Crippen LogP contribution in [0.25, 0.3) is 10.8 Å². The van der Waals surface area contributed by atoms with Crippen molar-refractivity contribution < 1.29 is 4.39 Å². The van der Waals surface area contributed by atoms with Gasteiger partial charge >= 0.3 is 0 Å². The summed E-state index contributed by atoms with van der Waals surface area (Å²) in [7, 11) is 0. The lowest BCUT2D eigenvalue weighted by Crippen LogP contribution is -2.20. The first kappa shape index (κ1) is 17.6. The molecule has 0 saturated heterocycles. The summed E-state index contributed by atoms with van der Waals surface area (Å²) in [6.07, 6.45) is 2.93. The molecule has 0 spiro atoms. The molecule has 3 rings (SSSR count). The molecule has 3 aromatic carbocycles. The Bertz CT molecular complexity index is 798. The fraction of sp³-hybridized carbons (Fsp3) is 0.273. The third kappa shape index (κ3) is 5.12. The van der Waals surface area contributed by atoms with E-state index < -0.39 is 0 Å². The van der Waals surface area contributed by atoms with Crippen LogP contribution >= 0.6 is 0 Å². The Balaban J connectivity index is 1.36. The van der Waals surface area contributed by atoms with Gasteiger partial charge in [-0.05, 0) is 66.4 Å². The van der Waals surface area contributed by atoms with Gasteiger partial charge in [0.15, 0.2) is 0 Å². The van der Waals surface area contributed by atoms with Crippen LogP contribution in [0.5, 0.6) is 0 Å². The molecule has 0 saturated carbocycles. The molecule has 25 heavy (non-hydrogen) atoms. The highest BCUT2D eigenvalue weighted by atomic mass is 19.1. The first-order valence-electron chi connectivity index (χ1n) is 8.92. The predicted molar refractivity (Wildman–Crippen MR) is 103 cm³/mol. The SMILES string of the molecule is NC(CCCNCCc1ccc2ccccc2c1)c1ccc(F)cc1. The third-order valence-corrected chi connectivity index (χ3v) is 4.57. The number of rotatable bonds is 8. The zero-order valence-corrected chi connectivity index (χ0v) is 14.4. The second-order valence-corrected chi connectivity index (χ2v) is 6.48. The van der Waals surface area contributed by atoms with Crippen LogP contribution in [-0.2, 0) is 6.42 Å². The molecule has 1 atom stereocenters. The zero-order chi connectivity index (χ0) is 17.5. The average molecular weight is 336 g/mol. The maximum absolute atomic E-state index is 12.9. The van der Waals surface area contributed by atoms with E-state index in [-0.39, 0.29) is 11.9 Å². The van der Waals surface area contributed by atoms with E-state index in [0.29, 0.717) is 0 Å². The highest BCUT2D eigenvalue weighted by molar-refractivity contribution is 5.82. The van der Waals surface area contributed by atoms with Gasteiger partial charge in [0.2, 0.25) is 0 Å². The molecular weight excluding hydrogens is 311 g/mol. The van der Waals surface area contributed by atoms with E-state index in [0.717, 1.165) is 37.9 Å². The van der Waals surface area contributed by atoms with Crippen molar-refractivity contribution in [2.75, 3.05) is 13.1 Å².